The summed E-state index contributed by atoms with van der Waals surface area (Å²) in [5.41, 5.74) is 1.01. The Bertz CT molecular complexity index is 647. The van der Waals surface area contributed by atoms with E-state index in [1.54, 1.807) is 21.3 Å². The second-order valence-corrected chi connectivity index (χ2v) is 10.5. The van der Waals surface area contributed by atoms with Crippen LogP contribution in [0.15, 0.2) is 24.3 Å². The minimum atomic E-state index is -2.47. The van der Waals surface area contributed by atoms with Crippen molar-refractivity contribution >= 4 is 18.4 Å². The largest absolute Gasteiger partial charge is 0.497 e. The van der Waals surface area contributed by atoms with E-state index in [2.05, 4.69) is 12.0 Å². The Hall–Kier alpha value is -0.570. The van der Waals surface area contributed by atoms with Crippen LogP contribution in [0.1, 0.15) is 50.9 Å². The standard InChI is InChI=1S/C21H36NO6PS/c1-5-18(13-15-23-2)28-29(30,25-4)22-14-7-6-8-20-16-26-21(27-20)17-9-11-19(24-3)12-10-17/h9-12,18,20-21H,5-8,13-16H2,1-4H3,(H,22,30). The Kier molecular flexibility index (Phi) is 11.8. The Morgan fingerprint density at radius 1 is 1.20 bits per heavy atom. The maximum atomic E-state index is 6.06. The number of methoxy groups -OCH3 is 2. The van der Waals surface area contributed by atoms with E-state index in [4.69, 9.17) is 39.8 Å². The smallest absolute Gasteiger partial charge is 0.261 e. The van der Waals surface area contributed by atoms with Crippen molar-refractivity contribution in [3.63, 3.8) is 0 Å². The van der Waals surface area contributed by atoms with Gasteiger partial charge in [-0.2, -0.15) is 0 Å². The van der Waals surface area contributed by atoms with Gasteiger partial charge in [0.25, 0.3) is 6.64 Å². The molecule has 4 atom stereocenters. The summed E-state index contributed by atoms with van der Waals surface area (Å²) in [5.74, 6) is 0.824. The molecule has 30 heavy (non-hydrogen) atoms. The third-order valence-electron chi connectivity index (χ3n) is 5.02. The van der Waals surface area contributed by atoms with E-state index in [1.165, 1.54) is 0 Å². The fourth-order valence-electron chi connectivity index (χ4n) is 3.17. The number of ether oxygens (including phenoxy) is 4. The topological polar surface area (TPSA) is 67.4 Å². The molecule has 0 bridgehead atoms. The average Bonchev–Trinajstić information content (AvgIpc) is 3.25. The van der Waals surface area contributed by atoms with Crippen LogP contribution in [0.25, 0.3) is 0 Å². The molecule has 1 aliphatic heterocycles. The quantitative estimate of drug-likeness (QED) is 0.301. The third kappa shape index (κ3) is 8.52. The summed E-state index contributed by atoms with van der Waals surface area (Å²) in [4.78, 5) is 0. The summed E-state index contributed by atoms with van der Waals surface area (Å²) < 4.78 is 33.7. The van der Waals surface area contributed by atoms with Crippen LogP contribution in [0.2, 0.25) is 0 Å². The Balaban J connectivity index is 1.66. The molecule has 0 aromatic heterocycles. The molecule has 1 saturated heterocycles. The van der Waals surface area contributed by atoms with Gasteiger partial charge in [0.15, 0.2) is 6.29 Å². The van der Waals surface area contributed by atoms with Gasteiger partial charge >= 0.3 is 0 Å². The maximum Gasteiger partial charge on any atom is 0.261 e. The molecule has 0 saturated carbocycles. The maximum absolute atomic E-state index is 6.06. The van der Waals surface area contributed by atoms with E-state index >= 15 is 0 Å². The van der Waals surface area contributed by atoms with Crippen molar-refractivity contribution in [1.82, 2.24) is 5.09 Å². The van der Waals surface area contributed by atoms with Gasteiger partial charge in [-0.25, -0.2) is 5.09 Å². The highest BCUT2D eigenvalue weighted by Crippen LogP contribution is 2.45. The molecule has 2 rings (SSSR count). The van der Waals surface area contributed by atoms with Crippen LogP contribution in [0, 0.1) is 0 Å². The second kappa shape index (κ2) is 13.8. The lowest BCUT2D eigenvalue weighted by Gasteiger charge is -2.26. The average molecular weight is 462 g/mol. The molecule has 1 N–H and O–H groups in total. The van der Waals surface area contributed by atoms with Crippen molar-refractivity contribution in [3.05, 3.63) is 29.8 Å². The van der Waals surface area contributed by atoms with Crippen molar-refractivity contribution in [2.24, 2.45) is 0 Å². The molecule has 1 aromatic rings. The van der Waals surface area contributed by atoms with E-state index in [9.17, 15) is 0 Å². The highest BCUT2D eigenvalue weighted by molar-refractivity contribution is 8.08. The SMILES string of the molecule is CCC(CCOC)OP(=S)(NCCCCC1COC(c2ccc(OC)cc2)O1)OC. The van der Waals surface area contributed by atoms with Gasteiger partial charge < -0.3 is 28.0 Å². The Labute approximate surface area is 185 Å². The summed E-state index contributed by atoms with van der Waals surface area (Å²) in [7, 11) is 4.96. The van der Waals surface area contributed by atoms with Crippen molar-refractivity contribution in [1.29, 1.82) is 0 Å². The van der Waals surface area contributed by atoms with E-state index in [1.807, 2.05) is 24.3 Å². The number of hydrogen-bond acceptors (Lipinski definition) is 7. The molecular formula is C21H36NO6PS. The lowest BCUT2D eigenvalue weighted by atomic mass is 10.1. The number of unbranched alkanes of at least 4 members (excludes halogenated alkanes) is 1. The first-order chi connectivity index (χ1) is 14.5. The first kappa shape index (κ1) is 25.7. The van der Waals surface area contributed by atoms with Crippen LogP contribution in [0.3, 0.4) is 0 Å². The molecule has 0 radical (unpaired) electrons. The summed E-state index contributed by atoms with van der Waals surface area (Å²) in [6.45, 7) is 1.62. The van der Waals surface area contributed by atoms with E-state index in [-0.39, 0.29) is 18.5 Å². The molecule has 9 heteroatoms. The molecule has 1 aliphatic rings. The van der Waals surface area contributed by atoms with Crippen LogP contribution in [-0.4, -0.2) is 53.3 Å². The minimum Gasteiger partial charge on any atom is -0.497 e. The van der Waals surface area contributed by atoms with Crippen molar-refractivity contribution in [3.8, 4) is 5.75 Å². The lowest BCUT2D eigenvalue weighted by molar-refractivity contribution is -0.0613. The van der Waals surface area contributed by atoms with Crippen molar-refractivity contribution < 1.29 is 28.0 Å². The zero-order chi connectivity index (χ0) is 21.8. The van der Waals surface area contributed by atoms with Crippen LogP contribution in [0.4, 0.5) is 0 Å². The number of rotatable bonds is 15. The highest BCUT2D eigenvalue weighted by atomic mass is 32.5. The van der Waals surface area contributed by atoms with Crippen molar-refractivity contribution in [2.75, 3.05) is 41.1 Å². The van der Waals surface area contributed by atoms with Gasteiger partial charge in [0.1, 0.15) is 5.75 Å². The molecule has 172 valence electrons. The molecule has 0 amide bonds. The zero-order valence-electron chi connectivity index (χ0n) is 18.5. The van der Waals surface area contributed by atoms with E-state index < -0.39 is 6.64 Å². The van der Waals surface area contributed by atoms with Crippen molar-refractivity contribution in [2.45, 2.75) is 57.5 Å². The Morgan fingerprint density at radius 3 is 2.60 bits per heavy atom. The molecule has 1 heterocycles. The second-order valence-electron chi connectivity index (χ2n) is 7.20. The summed E-state index contributed by atoms with van der Waals surface area (Å²) in [5, 5.41) is 3.31. The summed E-state index contributed by atoms with van der Waals surface area (Å²) in [6.07, 6.45) is 4.45. The normalized spacial score (nSPS) is 22.0. The predicted molar refractivity (Wildman–Crippen MR) is 121 cm³/mol. The van der Waals surface area contributed by atoms with E-state index in [0.717, 1.165) is 50.0 Å². The first-order valence-electron chi connectivity index (χ1n) is 10.5. The monoisotopic (exact) mass is 461 g/mol. The van der Waals surface area contributed by atoms with Gasteiger partial charge in [-0.1, -0.05) is 19.1 Å². The van der Waals surface area contributed by atoms with Gasteiger partial charge in [-0.3, -0.25) is 0 Å². The highest BCUT2D eigenvalue weighted by Gasteiger charge is 2.27. The summed E-state index contributed by atoms with van der Waals surface area (Å²) >= 11 is 5.60. The molecule has 0 aliphatic carbocycles. The number of nitrogens with one attached hydrogen (secondary N) is 1. The zero-order valence-corrected chi connectivity index (χ0v) is 20.2. The van der Waals surface area contributed by atoms with Gasteiger partial charge in [0.2, 0.25) is 0 Å². The third-order valence-corrected chi connectivity index (χ3v) is 7.78. The van der Waals surface area contributed by atoms with Crippen LogP contribution < -0.4 is 9.82 Å². The molecule has 1 fully saturated rings. The minimum absolute atomic E-state index is 0.0437. The molecule has 1 aromatic carbocycles. The van der Waals surface area contributed by atoms with Crippen LogP contribution in [-0.2, 0) is 35.1 Å². The van der Waals surface area contributed by atoms with E-state index in [0.29, 0.717) is 13.2 Å². The molecular weight excluding hydrogens is 425 g/mol. The fraction of sp³-hybridized carbons (Fsp3) is 0.714. The Morgan fingerprint density at radius 2 is 1.97 bits per heavy atom. The van der Waals surface area contributed by atoms with Gasteiger partial charge in [0, 0.05) is 32.9 Å². The lowest BCUT2D eigenvalue weighted by Crippen LogP contribution is -2.21. The van der Waals surface area contributed by atoms with Gasteiger partial charge in [-0.05, 0) is 56.0 Å². The number of benzene rings is 1. The summed E-state index contributed by atoms with van der Waals surface area (Å²) in [6, 6.07) is 7.79. The van der Waals surface area contributed by atoms with Gasteiger partial charge in [-0.15, -0.1) is 0 Å². The molecule has 7 nitrogen and oxygen atoms in total. The predicted octanol–water partition coefficient (Wildman–Crippen LogP) is 4.57. The van der Waals surface area contributed by atoms with Gasteiger partial charge in [0.05, 0.1) is 25.9 Å². The van der Waals surface area contributed by atoms with Crippen LogP contribution >= 0.6 is 6.64 Å². The molecule has 0 spiro atoms. The number of hydrogen-bond donors (Lipinski definition) is 1. The van der Waals surface area contributed by atoms with Crippen LogP contribution in [0.5, 0.6) is 5.75 Å². The first-order valence-corrected chi connectivity index (χ1v) is 13.2. The fourth-order valence-corrected chi connectivity index (χ4v) is 5.18. The molecule has 4 unspecified atom stereocenters.